The number of pyridine rings is 1. The summed E-state index contributed by atoms with van der Waals surface area (Å²) in [7, 11) is 0. The van der Waals surface area contributed by atoms with Crippen LogP contribution in [-0.4, -0.2) is 36.4 Å². The Kier molecular flexibility index (Phi) is 4.48. The number of rotatable bonds is 3. The second-order valence-electron chi connectivity index (χ2n) is 4.88. The van der Waals surface area contributed by atoms with Crippen molar-refractivity contribution in [1.82, 2.24) is 10.3 Å². The third kappa shape index (κ3) is 3.82. The molecule has 0 spiro atoms. The summed E-state index contributed by atoms with van der Waals surface area (Å²) in [6.45, 7) is 6.22. The van der Waals surface area contributed by atoms with Crippen molar-refractivity contribution < 1.29 is 9.47 Å². The topological polar surface area (TPSA) is 43.4 Å². The first-order chi connectivity index (χ1) is 8.46. The lowest BCUT2D eigenvalue weighted by Crippen LogP contribution is -2.52. The normalized spacial score (nSPS) is 22.8. The molecule has 1 aliphatic heterocycles. The summed E-state index contributed by atoms with van der Waals surface area (Å²) in [5, 5.41) is 3.90. The molecule has 0 saturated carbocycles. The Labute approximate surface area is 120 Å². The smallest absolute Gasteiger partial charge is 0.228 e. The highest BCUT2D eigenvalue weighted by atomic mass is 79.9. The first-order valence-corrected chi connectivity index (χ1v) is 6.96. The monoisotopic (exact) mass is 334 g/mol. The summed E-state index contributed by atoms with van der Waals surface area (Å²) in [5.74, 6) is 0.534. The highest BCUT2D eigenvalue weighted by Gasteiger charge is 2.28. The van der Waals surface area contributed by atoms with Crippen molar-refractivity contribution in [2.75, 3.05) is 19.7 Å². The number of hydrogen-bond acceptors (Lipinski definition) is 4. The van der Waals surface area contributed by atoms with Gasteiger partial charge < -0.3 is 14.8 Å². The molecule has 0 aromatic carbocycles. The van der Waals surface area contributed by atoms with Crippen LogP contribution in [0.2, 0.25) is 5.02 Å². The standard InChI is InChI=1S/C12H16BrClN2O2/c1-12(2)7-15-5-9(18-12)6-17-11-10(13)3-8(14)4-16-11/h3-4,9,15H,5-7H2,1-2H3. The van der Waals surface area contributed by atoms with Crippen molar-refractivity contribution in [1.29, 1.82) is 0 Å². The van der Waals surface area contributed by atoms with E-state index in [1.807, 2.05) is 0 Å². The minimum atomic E-state index is -0.156. The second kappa shape index (κ2) is 5.74. The van der Waals surface area contributed by atoms with E-state index >= 15 is 0 Å². The van der Waals surface area contributed by atoms with Crippen molar-refractivity contribution in [3.8, 4) is 5.88 Å². The summed E-state index contributed by atoms with van der Waals surface area (Å²) < 4.78 is 12.3. The predicted molar refractivity (Wildman–Crippen MR) is 74.3 cm³/mol. The molecule has 2 rings (SSSR count). The van der Waals surface area contributed by atoms with Crippen molar-refractivity contribution in [3.63, 3.8) is 0 Å². The average molecular weight is 336 g/mol. The van der Waals surface area contributed by atoms with Gasteiger partial charge in [0.1, 0.15) is 12.7 Å². The van der Waals surface area contributed by atoms with Crippen molar-refractivity contribution in [2.45, 2.75) is 25.6 Å². The van der Waals surface area contributed by atoms with Gasteiger partial charge in [-0.2, -0.15) is 0 Å². The van der Waals surface area contributed by atoms with E-state index in [0.717, 1.165) is 17.6 Å². The van der Waals surface area contributed by atoms with Crippen LogP contribution in [0.1, 0.15) is 13.8 Å². The van der Waals surface area contributed by atoms with E-state index in [1.54, 1.807) is 12.3 Å². The molecule has 1 N–H and O–H groups in total. The number of hydrogen-bond donors (Lipinski definition) is 1. The SMILES string of the molecule is CC1(C)CNCC(COc2ncc(Cl)cc2Br)O1. The number of aromatic nitrogens is 1. The molecule has 1 unspecified atom stereocenters. The Bertz CT molecular complexity index is 429. The van der Waals surface area contributed by atoms with E-state index in [0.29, 0.717) is 17.5 Å². The number of nitrogens with zero attached hydrogens (tertiary/aromatic N) is 1. The summed E-state index contributed by atoms with van der Waals surface area (Å²) in [6, 6.07) is 1.76. The van der Waals surface area contributed by atoms with Crippen LogP contribution in [-0.2, 0) is 4.74 Å². The quantitative estimate of drug-likeness (QED) is 0.922. The fourth-order valence-corrected chi connectivity index (χ4v) is 2.59. The van der Waals surface area contributed by atoms with Crippen LogP contribution in [0.4, 0.5) is 0 Å². The summed E-state index contributed by atoms with van der Waals surface area (Å²) in [4.78, 5) is 4.12. The van der Waals surface area contributed by atoms with Gasteiger partial charge in [-0.05, 0) is 35.8 Å². The molecule has 1 aromatic heterocycles. The fourth-order valence-electron chi connectivity index (χ4n) is 1.84. The third-order valence-electron chi connectivity index (χ3n) is 2.59. The zero-order chi connectivity index (χ0) is 13.2. The first-order valence-electron chi connectivity index (χ1n) is 5.79. The van der Waals surface area contributed by atoms with Gasteiger partial charge in [-0.1, -0.05) is 11.6 Å². The Morgan fingerprint density at radius 2 is 2.44 bits per heavy atom. The Morgan fingerprint density at radius 1 is 1.67 bits per heavy atom. The lowest BCUT2D eigenvalue weighted by atomic mass is 10.1. The van der Waals surface area contributed by atoms with Gasteiger partial charge in [0.2, 0.25) is 5.88 Å². The molecule has 0 aliphatic carbocycles. The van der Waals surface area contributed by atoms with E-state index in [4.69, 9.17) is 21.1 Å². The number of halogens is 2. The van der Waals surface area contributed by atoms with Crippen LogP contribution < -0.4 is 10.1 Å². The highest BCUT2D eigenvalue weighted by Crippen LogP contribution is 2.25. The van der Waals surface area contributed by atoms with Crippen LogP contribution in [0, 0.1) is 0 Å². The van der Waals surface area contributed by atoms with Gasteiger partial charge in [0.25, 0.3) is 0 Å². The largest absolute Gasteiger partial charge is 0.474 e. The fraction of sp³-hybridized carbons (Fsp3) is 0.583. The van der Waals surface area contributed by atoms with Gasteiger partial charge >= 0.3 is 0 Å². The molecule has 0 radical (unpaired) electrons. The molecular weight excluding hydrogens is 320 g/mol. The average Bonchev–Trinajstić information content (AvgIpc) is 2.26. The van der Waals surface area contributed by atoms with Gasteiger partial charge in [-0.3, -0.25) is 0 Å². The minimum Gasteiger partial charge on any atom is -0.474 e. The molecule has 0 bridgehead atoms. The lowest BCUT2D eigenvalue weighted by molar-refractivity contribution is -0.107. The highest BCUT2D eigenvalue weighted by molar-refractivity contribution is 9.10. The van der Waals surface area contributed by atoms with Gasteiger partial charge in [-0.15, -0.1) is 0 Å². The van der Waals surface area contributed by atoms with Crippen molar-refractivity contribution in [3.05, 3.63) is 21.8 Å². The molecule has 1 aliphatic rings. The Hall–Kier alpha value is -0.360. The number of ether oxygens (including phenoxy) is 2. The maximum absolute atomic E-state index is 5.90. The van der Waals surface area contributed by atoms with Crippen LogP contribution >= 0.6 is 27.5 Å². The molecule has 100 valence electrons. The number of nitrogens with one attached hydrogen (secondary N) is 1. The summed E-state index contributed by atoms with van der Waals surface area (Å²) >= 11 is 9.19. The van der Waals surface area contributed by atoms with E-state index in [2.05, 4.69) is 40.1 Å². The molecule has 6 heteroatoms. The van der Waals surface area contributed by atoms with E-state index in [9.17, 15) is 0 Å². The summed E-state index contributed by atoms with van der Waals surface area (Å²) in [6.07, 6.45) is 1.59. The van der Waals surface area contributed by atoms with Crippen LogP contribution in [0.5, 0.6) is 5.88 Å². The van der Waals surface area contributed by atoms with Crippen LogP contribution in [0.15, 0.2) is 16.7 Å². The van der Waals surface area contributed by atoms with Crippen molar-refractivity contribution in [2.24, 2.45) is 0 Å². The van der Waals surface area contributed by atoms with E-state index < -0.39 is 0 Å². The molecule has 1 fully saturated rings. The minimum absolute atomic E-state index is 0.0260. The molecule has 18 heavy (non-hydrogen) atoms. The number of morpholine rings is 1. The molecule has 1 aromatic rings. The van der Waals surface area contributed by atoms with Crippen molar-refractivity contribution >= 4 is 27.5 Å². The molecule has 1 saturated heterocycles. The van der Waals surface area contributed by atoms with Gasteiger partial charge in [-0.25, -0.2) is 4.98 Å². The zero-order valence-electron chi connectivity index (χ0n) is 10.4. The molecular formula is C12H16BrClN2O2. The zero-order valence-corrected chi connectivity index (χ0v) is 12.7. The van der Waals surface area contributed by atoms with E-state index in [-0.39, 0.29) is 11.7 Å². The van der Waals surface area contributed by atoms with E-state index in [1.165, 1.54) is 0 Å². The lowest BCUT2D eigenvalue weighted by Gasteiger charge is -2.36. The predicted octanol–water partition coefficient (Wildman–Crippen LogP) is 2.64. The first kappa shape index (κ1) is 14.1. The molecule has 2 heterocycles. The van der Waals surface area contributed by atoms with Gasteiger partial charge in [0, 0.05) is 19.3 Å². The Balaban J connectivity index is 1.91. The third-order valence-corrected chi connectivity index (χ3v) is 3.36. The maximum Gasteiger partial charge on any atom is 0.228 e. The van der Waals surface area contributed by atoms with Gasteiger partial charge in [0.05, 0.1) is 15.1 Å². The summed E-state index contributed by atoms with van der Waals surface area (Å²) in [5.41, 5.74) is -0.156. The molecule has 4 nitrogen and oxygen atoms in total. The van der Waals surface area contributed by atoms with Crippen LogP contribution in [0.25, 0.3) is 0 Å². The molecule has 0 amide bonds. The second-order valence-corrected chi connectivity index (χ2v) is 6.17. The maximum atomic E-state index is 5.90. The Morgan fingerprint density at radius 3 is 3.11 bits per heavy atom. The van der Waals surface area contributed by atoms with Gasteiger partial charge in [0.15, 0.2) is 0 Å². The van der Waals surface area contributed by atoms with Crippen LogP contribution in [0.3, 0.4) is 0 Å². The molecule has 1 atom stereocenters.